The Bertz CT molecular complexity index is 711. The van der Waals surface area contributed by atoms with E-state index in [1.54, 1.807) is 14.2 Å². The van der Waals surface area contributed by atoms with Crippen LogP contribution in [0, 0.1) is 0 Å². The van der Waals surface area contributed by atoms with Crippen molar-refractivity contribution < 1.29 is 9.47 Å². The van der Waals surface area contributed by atoms with Crippen molar-refractivity contribution in [3.63, 3.8) is 0 Å². The van der Waals surface area contributed by atoms with Crippen molar-refractivity contribution in [1.82, 2.24) is 0 Å². The summed E-state index contributed by atoms with van der Waals surface area (Å²) in [5.41, 5.74) is 1.13. The van der Waals surface area contributed by atoms with Crippen LogP contribution in [0.25, 0.3) is 0 Å². The lowest BCUT2D eigenvalue weighted by Crippen LogP contribution is -2.13. The van der Waals surface area contributed by atoms with Gasteiger partial charge in [0.1, 0.15) is 11.5 Å². The minimum Gasteiger partial charge on any atom is -0.496 e. The molecule has 3 aromatic rings. The lowest BCUT2D eigenvalue weighted by atomic mass is 10.2. The van der Waals surface area contributed by atoms with Crippen LogP contribution in [0.3, 0.4) is 0 Å². The number of hydrogen-bond acceptors (Lipinski definition) is 2. The van der Waals surface area contributed by atoms with Crippen LogP contribution < -0.4 is 20.1 Å². The van der Waals surface area contributed by atoms with E-state index in [4.69, 9.17) is 9.47 Å². The molecule has 0 aliphatic heterocycles. The van der Waals surface area contributed by atoms with Crippen LogP contribution in [-0.4, -0.2) is 14.2 Å². The molecule has 0 saturated carbocycles. The Kier molecular flexibility index (Phi) is 5.51. The fourth-order valence-corrected chi connectivity index (χ4v) is 5.14. The quantitative estimate of drug-likeness (QED) is 0.624. The number of methoxy groups -OCH3 is 2. The zero-order valence-corrected chi connectivity index (χ0v) is 14.9. The van der Waals surface area contributed by atoms with Crippen molar-refractivity contribution in [2.45, 2.75) is 6.16 Å². The van der Waals surface area contributed by atoms with Gasteiger partial charge in [-0.2, -0.15) is 0 Å². The third kappa shape index (κ3) is 3.60. The molecule has 0 fully saturated rings. The van der Waals surface area contributed by atoms with Crippen molar-refractivity contribution in [2.75, 3.05) is 14.2 Å². The van der Waals surface area contributed by atoms with Gasteiger partial charge in [-0.15, -0.1) is 0 Å². The zero-order chi connectivity index (χ0) is 16.8. The second-order valence-corrected chi connectivity index (χ2v) is 7.60. The zero-order valence-electron chi connectivity index (χ0n) is 14.0. The van der Waals surface area contributed by atoms with E-state index in [1.807, 2.05) is 18.2 Å². The summed E-state index contributed by atoms with van der Waals surface area (Å²) < 4.78 is 11.2. The first kappa shape index (κ1) is 16.5. The molecule has 0 bridgehead atoms. The van der Waals surface area contributed by atoms with Gasteiger partial charge in [0.05, 0.1) is 14.2 Å². The molecule has 3 aromatic carbocycles. The maximum absolute atomic E-state index is 5.59. The van der Waals surface area contributed by atoms with Crippen LogP contribution in [0.4, 0.5) is 0 Å². The topological polar surface area (TPSA) is 18.5 Å². The molecule has 3 heteroatoms. The first-order valence-electron chi connectivity index (χ1n) is 7.91. The van der Waals surface area contributed by atoms with Crippen LogP contribution >= 0.6 is 7.92 Å². The summed E-state index contributed by atoms with van der Waals surface area (Å²) in [6.07, 6.45) is 0.885. The predicted octanol–water partition coefficient (Wildman–Crippen LogP) is 4.34. The van der Waals surface area contributed by atoms with Gasteiger partial charge < -0.3 is 9.47 Å². The minimum absolute atomic E-state index is 0.531. The van der Waals surface area contributed by atoms with E-state index < -0.39 is 7.92 Å². The van der Waals surface area contributed by atoms with Gasteiger partial charge in [-0.25, -0.2) is 0 Å². The molecule has 0 saturated heterocycles. The number of ether oxygens (including phenoxy) is 2. The van der Waals surface area contributed by atoms with E-state index in [1.165, 1.54) is 10.6 Å². The molecule has 0 aromatic heterocycles. The highest BCUT2D eigenvalue weighted by Crippen LogP contribution is 2.43. The van der Waals surface area contributed by atoms with Crippen LogP contribution in [0.1, 0.15) is 5.56 Å². The van der Waals surface area contributed by atoms with Crippen LogP contribution in [0.15, 0.2) is 78.9 Å². The minimum atomic E-state index is -0.531. The van der Waals surface area contributed by atoms with Crippen LogP contribution in [-0.2, 0) is 6.16 Å². The first-order chi connectivity index (χ1) is 11.8. The second-order valence-electron chi connectivity index (χ2n) is 5.40. The van der Waals surface area contributed by atoms with E-state index >= 15 is 0 Å². The summed E-state index contributed by atoms with van der Waals surface area (Å²) in [6.45, 7) is 0. The molecule has 0 aliphatic carbocycles. The monoisotopic (exact) mass is 336 g/mol. The fourth-order valence-electron chi connectivity index (χ4n) is 2.79. The van der Waals surface area contributed by atoms with E-state index in [9.17, 15) is 0 Å². The van der Waals surface area contributed by atoms with E-state index in [2.05, 4.69) is 60.7 Å². The Morgan fingerprint density at radius 3 is 1.50 bits per heavy atom. The Labute approximate surface area is 144 Å². The van der Waals surface area contributed by atoms with Gasteiger partial charge in [-0.05, 0) is 30.7 Å². The highest BCUT2D eigenvalue weighted by Gasteiger charge is 2.19. The molecule has 0 radical (unpaired) electrons. The van der Waals surface area contributed by atoms with E-state index in [-0.39, 0.29) is 0 Å². The Morgan fingerprint density at radius 2 is 1.08 bits per heavy atom. The molecule has 2 nitrogen and oxygen atoms in total. The van der Waals surface area contributed by atoms with Gasteiger partial charge in [0.15, 0.2) is 0 Å². The summed E-state index contributed by atoms with van der Waals surface area (Å²) in [5.74, 6) is 1.77. The van der Waals surface area contributed by atoms with Crippen molar-refractivity contribution >= 4 is 18.5 Å². The van der Waals surface area contributed by atoms with Crippen LogP contribution in [0.2, 0.25) is 0 Å². The van der Waals surface area contributed by atoms with Crippen molar-refractivity contribution in [3.05, 3.63) is 84.4 Å². The summed E-state index contributed by atoms with van der Waals surface area (Å²) in [4.78, 5) is 0. The number of benzene rings is 3. The molecule has 24 heavy (non-hydrogen) atoms. The molecule has 3 rings (SSSR count). The molecule has 0 atom stereocenters. The van der Waals surface area contributed by atoms with Gasteiger partial charge in [-0.3, -0.25) is 0 Å². The normalized spacial score (nSPS) is 10.6. The van der Waals surface area contributed by atoms with Crippen LogP contribution in [0.5, 0.6) is 11.5 Å². The lowest BCUT2D eigenvalue weighted by Gasteiger charge is -2.21. The second kappa shape index (κ2) is 7.99. The van der Waals surface area contributed by atoms with Gasteiger partial charge in [-0.1, -0.05) is 66.7 Å². The van der Waals surface area contributed by atoms with Gasteiger partial charge in [0, 0.05) is 11.7 Å². The average Bonchev–Trinajstić information content (AvgIpc) is 2.67. The number of hydrogen-bond donors (Lipinski definition) is 0. The molecular formula is C21H21O2P. The van der Waals surface area contributed by atoms with Gasteiger partial charge in [0.2, 0.25) is 0 Å². The maximum Gasteiger partial charge on any atom is 0.126 e. The highest BCUT2D eigenvalue weighted by molar-refractivity contribution is 7.72. The largest absolute Gasteiger partial charge is 0.496 e. The van der Waals surface area contributed by atoms with E-state index in [0.29, 0.717) is 0 Å². The van der Waals surface area contributed by atoms with Gasteiger partial charge in [0.25, 0.3) is 0 Å². The SMILES string of the molecule is COc1cccc(OC)c1CP(c1ccccc1)c1ccccc1. The Morgan fingerprint density at radius 1 is 0.625 bits per heavy atom. The van der Waals surface area contributed by atoms with Gasteiger partial charge >= 0.3 is 0 Å². The van der Waals surface area contributed by atoms with Crippen molar-refractivity contribution in [1.29, 1.82) is 0 Å². The Hall–Kier alpha value is -2.31. The molecule has 0 unspecified atom stereocenters. The molecule has 0 aliphatic rings. The summed E-state index contributed by atoms with van der Waals surface area (Å²) in [7, 11) is 2.90. The molecule has 0 heterocycles. The molecule has 122 valence electrons. The predicted molar refractivity (Wildman–Crippen MR) is 102 cm³/mol. The number of rotatable bonds is 6. The third-order valence-electron chi connectivity index (χ3n) is 3.98. The molecular weight excluding hydrogens is 315 g/mol. The first-order valence-corrected chi connectivity index (χ1v) is 9.43. The smallest absolute Gasteiger partial charge is 0.126 e. The average molecular weight is 336 g/mol. The summed E-state index contributed by atoms with van der Waals surface area (Å²) in [6, 6.07) is 27.3. The third-order valence-corrected chi connectivity index (χ3v) is 6.46. The Balaban J connectivity index is 2.06. The highest BCUT2D eigenvalue weighted by atomic mass is 31.1. The van der Waals surface area contributed by atoms with Crippen molar-refractivity contribution in [3.8, 4) is 11.5 Å². The fraction of sp³-hybridized carbons (Fsp3) is 0.143. The van der Waals surface area contributed by atoms with Crippen molar-refractivity contribution in [2.24, 2.45) is 0 Å². The van der Waals surface area contributed by atoms with E-state index in [0.717, 1.165) is 23.2 Å². The molecule has 0 N–H and O–H groups in total. The summed E-state index contributed by atoms with van der Waals surface area (Å²) >= 11 is 0. The summed E-state index contributed by atoms with van der Waals surface area (Å²) in [5, 5.41) is 2.71. The molecule has 0 amide bonds. The molecule has 0 spiro atoms. The standard InChI is InChI=1S/C21H21O2P/c1-22-20-14-9-15-21(23-2)19(20)16-24(17-10-5-3-6-11-17)18-12-7-4-8-13-18/h3-15H,16H2,1-2H3. The maximum atomic E-state index is 5.59. The lowest BCUT2D eigenvalue weighted by molar-refractivity contribution is 0.388.